The van der Waals surface area contributed by atoms with Gasteiger partial charge < -0.3 is 5.32 Å². The molecular formula is C16H17BrN2O. The van der Waals surface area contributed by atoms with Crippen molar-refractivity contribution in [1.29, 1.82) is 0 Å². The number of hydrogen-bond donors (Lipinski definition) is 1. The molecule has 0 unspecified atom stereocenters. The Labute approximate surface area is 127 Å². The number of hydrogen-bond acceptors (Lipinski definition) is 2. The van der Waals surface area contributed by atoms with Crippen molar-refractivity contribution in [2.24, 2.45) is 0 Å². The lowest BCUT2D eigenvalue weighted by molar-refractivity contribution is 0.102. The molecule has 0 radical (unpaired) electrons. The molecule has 1 N–H and O–H groups in total. The Kier molecular flexibility index (Phi) is 4.23. The van der Waals surface area contributed by atoms with Crippen molar-refractivity contribution in [3.63, 3.8) is 0 Å². The Hall–Kier alpha value is -1.68. The Balaban J connectivity index is 2.12. The Bertz CT molecular complexity index is 615. The predicted octanol–water partition coefficient (Wildman–Crippen LogP) is 4.39. The summed E-state index contributed by atoms with van der Waals surface area (Å²) in [6, 6.07) is 11.3. The third kappa shape index (κ3) is 3.67. The van der Waals surface area contributed by atoms with Gasteiger partial charge in [0.25, 0.3) is 5.91 Å². The summed E-state index contributed by atoms with van der Waals surface area (Å²) in [6.45, 7) is 6.49. The summed E-state index contributed by atoms with van der Waals surface area (Å²) in [5, 5.41) is 2.88. The summed E-state index contributed by atoms with van der Waals surface area (Å²) >= 11 is 3.26. The second-order valence-corrected chi connectivity index (χ2v) is 6.46. The van der Waals surface area contributed by atoms with Crippen LogP contribution < -0.4 is 5.32 Å². The fraction of sp³-hybridized carbons (Fsp3) is 0.250. The van der Waals surface area contributed by atoms with Gasteiger partial charge in [-0.25, -0.2) is 4.98 Å². The molecule has 0 saturated heterocycles. The molecule has 104 valence electrons. The average molecular weight is 333 g/mol. The zero-order chi connectivity index (χ0) is 14.8. The van der Waals surface area contributed by atoms with Crippen LogP contribution in [0.15, 0.2) is 47.2 Å². The highest BCUT2D eigenvalue weighted by molar-refractivity contribution is 9.10. The van der Waals surface area contributed by atoms with E-state index in [1.807, 2.05) is 24.3 Å². The first kappa shape index (κ1) is 14.7. The van der Waals surface area contributed by atoms with E-state index in [-0.39, 0.29) is 11.3 Å². The maximum Gasteiger partial charge on any atom is 0.255 e. The largest absolute Gasteiger partial charge is 0.322 e. The van der Waals surface area contributed by atoms with Gasteiger partial charge in [-0.3, -0.25) is 4.79 Å². The SMILES string of the molecule is CC(C)(C)c1ccc(NC(=O)c2ccnc(Br)c2)cc1. The molecular weight excluding hydrogens is 316 g/mol. The van der Waals surface area contributed by atoms with Crippen LogP contribution >= 0.6 is 15.9 Å². The van der Waals surface area contributed by atoms with Crippen LogP contribution in [0, 0.1) is 0 Å². The van der Waals surface area contributed by atoms with Gasteiger partial charge in [0.2, 0.25) is 0 Å². The van der Waals surface area contributed by atoms with Gasteiger partial charge in [0, 0.05) is 17.4 Å². The molecule has 4 heteroatoms. The first-order valence-electron chi connectivity index (χ1n) is 6.40. The minimum absolute atomic E-state index is 0.110. The number of pyridine rings is 1. The molecule has 20 heavy (non-hydrogen) atoms. The van der Waals surface area contributed by atoms with Crippen molar-refractivity contribution < 1.29 is 4.79 Å². The van der Waals surface area contributed by atoms with Gasteiger partial charge in [-0.05, 0) is 51.2 Å². The summed E-state index contributed by atoms with van der Waals surface area (Å²) in [5.41, 5.74) is 2.71. The van der Waals surface area contributed by atoms with Gasteiger partial charge in [-0.1, -0.05) is 32.9 Å². The summed E-state index contributed by atoms with van der Waals surface area (Å²) in [7, 11) is 0. The number of anilines is 1. The number of benzene rings is 1. The highest BCUT2D eigenvalue weighted by Crippen LogP contribution is 2.23. The quantitative estimate of drug-likeness (QED) is 0.828. The molecule has 0 aliphatic heterocycles. The molecule has 0 fully saturated rings. The number of halogens is 1. The minimum Gasteiger partial charge on any atom is -0.322 e. The fourth-order valence-corrected chi connectivity index (χ4v) is 2.17. The molecule has 0 aliphatic carbocycles. The maximum atomic E-state index is 12.1. The second kappa shape index (κ2) is 5.75. The van der Waals surface area contributed by atoms with Crippen LogP contribution in [0.3, 0.4) is 0 Å². The lowest BCUT2D eigenvalue weighted by Gasteiger charge is -2.19. The van der Waals surface area contributed by atoms with Gasteiger partial charge in [0.05, 0.1) is 0 Å². The standard InChI is InChI=1S/C16H17BrN2O/c1-16(2,3)12-4-6-13(7-5-12)19-15(20)11-8-9-18-14(17)10-11/h4-10H,1-3H3,(H,19,20). The third-order valence-electron chi connectivity index (χ3n) is 3.00. The highest BCUT2D eigenvalue weighted by Gasteiger charge is 2.13. The Morgan fingerprint density at radius 2 is 1.80 bits per heavy atom. The fourth-order valence-electron chi connectivity index (χ4n) is 1.80. The number of nitrogens with one attached hydrogen (secondary N) is 1. The van der Waals surface area contributed by atoms with E-state index >= 15 is 0 Å². The highest BCUT2D eigenvalue weighted by atomic mass is 79.9. The van der Waals surface area contributed by atoms with Crippen molar-refractivity contribution in [3.05, 3.63) is 58.3 Å². The van der Waals surface area contributed by atoms with Crippen LogP contribution in [0.5, 0.6) is 0 Å². The maximum absolute atomic E-state index is 12.1. The van der Waals surface area contributed by atoms with Gasteiger partial charge in [-0.2, -0.15) is 0 Å². The normalized spacial score (nSPS) is 11.2. The predicted molar refractivity (Wildman–Crippen MR) is 85.0 cm³/mol. The van der Waals surface area contributed by atoms with E-state index in [1.165, 1.54) is 5.56 Å². The van der Waals surface area contributed by atoms with E-state index in [9.17, 15) is 4.79 Å². The van der Waals surface area contributed by atoms with E-state index in [0.29, 0.717) is 10.2 Å². The van der Waals surface area contributed by atoms with Crippen LogP contribution in [-0.2, 0) is 5.41 Å². The van der Waals surface area contributed by atoms with Gasteiger partial charge >= 0.3 is 0 Å². The monoisotopic (exact) mass is 332 g/mol. The van der Waals surface area contributed by atoms with Crippen LogP contribution in [0.25, 0.3) is 0 Å². The molecule has 0 atom stereocenters. The number of amides is 1. The van der Waals surface area contributed by atoms with Crippen LogP contribution in [0.4, 0.5) is 5.69 Å². The molecule has 0 spiro atoms. The van der Waals surface area contributed by atoms with Crippen molar-refractivity contribution in [3.8, 4) is 0 Å². The Morgan fingerprint density at radius 3 is 2.35 bits per heavy atom. The third-order valence-corrected chi connectivity index (χ3v) is 3.43. The van der Waals surface area contributed by atoms with Crippen molar-refractivity contribution in [2.45, 2.75) is 26.2 Å². The zero-order valence-corrected chi connectivity index (χ0v) is 13.4. The number of rotatable bonds is 2. The van der Waals surface area contributed by atoms with E-state index in [1.54, 1.807) is 18.3 Å². The summed E-state index contributed by atoms with van der Waals surface area (Å²) in [6.07, 6.45) is 1.60. The second-order valence-electron chi connectivity index (χ2n) is 5.65. The molecule has 2 rings (SSSR count). The van der Waals surface area contributed by atoms with Crippen LogP contribution in [0.2, 0.25) is 0 Å². The molecule has 0 aliphatic rings. The first-order valence-corrected chi connectivity index (χ1v) is 7.19. The number of carbonyl (C=O) groups is 1. The molecule has 2 aromatic rings. The lowest BCUT2D eigenvalue weighted by Crippen LogP contribution is -2.13. The minimum atomic E-state index is -0.142. The molecule has 1 heterocycles. The summed E-state index contributed by atoms with van der Waals surface area (Å²) in [4.78, 5) is 16.1. The molecule has 0 bridgehead atoms. The van der Waals surface area contributed by atoms with Gasteiger partial charge in [0.1, 0.15) is 4.60 Å². The van der Waals surface area contributed by atoms with E-state index in [4.69, 9.17) is 0 Å². The number of aromatic nitrogens is 1. The van der Waals surface area contributed by atoms with Crippen LogP contribution in [-0.4, -0.2) is 10.9 Å². The van der Waals surface area contributed by atoms with Crippen molar-refractivity contribution >= 4 is 27.5 Å². The molecule has 1 amide bonds. The average Bonchev–Trinajstić information content (AvgIpc) is 2.38. The number of nitrogens with zero attached hydrogens (tertiary/aromatic N) is 1. The van der Waals surface area contributed by atoms with Crippen LogP contribution in [0.1, 0.15) is 36.7 Å². The van der Waals surface area contributed by atoms with E-state index < -0.39 is 0 Å². The van der Waals surface area contributed by atoms with Crippen molar-refractivity contribution in [1.82, 2.24) is 4.98 Å². The molecule has 1 aromatic heterocycles. The number of carbonyl (C=O) groups excluding carboxylic acids is 1. The smallest absolute Gasteiger partial charge is 0.255 e. The zero-order valence-electron chi connectivity index (χ0n) is 11.8. The van der Waals surface area contributed by atoms with E-state index in [0.717, 1.165) is 5.69 Å². The summed E-state index contributed by atoms with van der Waals surface area (Å²) in [5.74, 6) is -0.142. The summed E-state index contributed by atoms with van der Waals surface area (Å²) < 4.78 is 0.647. The molecule has 1 aromatic carbocycles. The Morgan fingerprint density at radius 1 is 1.15 bits per heavy atom. The lowest BCUT2D eigenvalue weighted by atomic mass is 9.87. The van der Waals surface area contributed by atoms with E-state index in [2.05, 4.69) is 47.0 Å². The van der Waals surface area contributed by atoms with Crippen molar-refractivity contribution in [2.75, 3.05) is 5.32 Å². The molecule has 3 nitrogen and oxygen atoms in total. The van der Waals surface area contributed by atoms with Gasteiger partial charge in [-0.15, -0.1) is 0 Å². The van der Waals surface area contributed by atoms with Gasteiger partial charge in [0.15, 0.2) is 0 Å². The molecule has 0 saturated carbocycles. The first-order chi connectivity index (χ1) is 9.36. The topological polar surface area (TPSA) is 42.0 Å².